The topological polar surface area (TPSA) is 134 Å². The Morgan fingerprint density at radius 2 is 1.55 bits per heavy atom. The number of nitrogens with zero attached hydrogens (tertiary/aromatic N) is 2. The molecular formula is C40H53FN4O7S. The molecule has 0 radical (unpaired) electrons. The molecule has 2 aromatic rings. The quantitative estimate of drug-likeness (QED) is 0.246. The first kappa shape index (κ1) is 40.1. The smallest absolute Gasteiger partial charge is 0.328 e. The zero-order chi connectivity index (χ0) is 37.9. The second kappa shape index (κ2) is 19.3. The zero-order valence-corrected chi connectivity index (χ0v) is 31.8. The van der Waals surface area contributed by atoms with E-state index in [1.807, 2.05) is 31.2 Å². The summed E-state index contributed by atoms with van der Waals surface area (Å²) in [7, 11) is 2.88. The van der Waals surface area contributed by atoms with Crippen LogP contribution in [0.1, 0.15) is 83.1 Å². The number of para-hydroxylation sites is 2. The van der Waals surface area contributed by atoms with Crippen LogP contribution in [0.3, 0.4) is 0 Å². The van der Waals surface area contributed by atoms with E-state index >= 15 is 0 Å². The van der Waals surface area contributed by atoms with E-state index in [1.54, 1.807) is 40.8 Å². The summed E-state index contributed by atoms with van der Waals surface area (Å²) in [5, 5.41) is 5.91. The number of halogens is 1. The molecule has 3 heterocycles. The standard InChI is InChI=1S/C40H53FN4O7S/c1-4-10-27(36(46)42-30-11-7-8-23-44(38(30)48)32-12-5-6-14-34(32)51-2)18-19-28(25-26-16-20-29(41)21-17-26)37(47)43-31-22-24-53-35-15-9-13-33(40(50)52-3)45(35)39(31)49/h5-6,12,14,16-17,20-21,27-28,30-31,33,35H,4,7-11,13,15,18-19,22-25H2,1-3H3,(H,42,46)(H,43,47). The Balaban J connectivity index is 1.30. The summed E-state index contributed by atoms with van der Waals surface area (Å²) in [5.74, 6) is -1.71. The van der Waals surface area contributed by atoms with Crippen LogP contribution in [0.4, 0.5) is 10.1 Å². The molecule has 3 fully saturated rings. The number of amides is 4. The largest absolute Gasteiger partial charge is 0.495 e. The van der Waals surface area contributed by atoms with Gasteiger partial charge in [0.15, 0.2) is 0 Å². The number of esters is 1. The molecule has 0 aromatic heterocycles. The van der Waals surface area contributed by atoms with Crippen LogP contribution in [0.15, 0.2) is 48.5 Å². The Kier molecular flexibility index (Phi) is 14.6. The molecule has 2 N–H and O–H groups in total. The van der Waals surface area contributed by atoms with Crippen molar-refractivity contribution in [2.45, 2.75) is 107 Å². The van der Waals surface area contributed by atoms with Gasteiger partial charge in [-0.05, 0) is 106 Å². The molecule has 0 spiro atoms. The maximum Gasteiger partial charge on any atom is 0.328 e. The lowest BCUT2D eigenvalue weighted by atomic mass is 9.87. The summed E-state index contributed by atoms with van der Waals surface area (Å²) in [5.41, 5.74) is 1.43. The van der Waals surface area contributed by atoms with Gasteiger partial charge in [0.2, 0.25) is 23.6 Å². The van der Waals surface area contributed by atoms with Crippen molar-refractivity contribution in [3.8, 4) is 5.75 Å². The number of hydrogen-bond acceptors (Lipinski definition) is 8. The van der Waals surface area contributed by atoms with Crippen molar-refractivity contribution < 1.29 is 37.8 Å². The molecular weight excluding hydrogens is 700 g/mol. The minimum absolute atomic E-state index is 0.160. The molecule has 6 atom stereocenters. The number of methoxy groups -OCH3 is 2. The fourth-order valence-electron chi connectivity index (χ4n) is 7.78. The van der Waals surface area contributed by atoms with Gasteiger partial charge in [-0.25, -0.2) is 9.18 Å². The van der Waals surface area contributed by atoms with Gasteiger partial charge in [-0.2, -0.15) is 0 Å². The van der Waals surface area contributed by atoms with E-state index < -0.39 is 35.9 Å². The van der Waals surface area contributed by atoms with E-state index in [0.717, 1.165) is 37.7 Å². The average Bonchev–Trinajstić information content (AvgIpc) is 3.45. The summed E-state index contributed by atoms with van der Waals surface area (Å²) in [6.45, 7) is 2.52. The van der Waals surface area contributed by atoms with Crippen molar-refractivity contribution in [3.05, 3.63) is 59.9 Å². The number of anilines is 1. The van der Waals surface area contributed by atoms with Crippen LogP contribution in [0.2, 0.25) is 0 Å². The number of benzene rings is 2. The average molecular weight is 753 g/mol. The van der Waals surface area contributed by atoms with Crippen LogP contribution in [0.25, 0.3) is 0 Å². The second-order valence-corrected chi connectivity index (χ2v) is 15.5. The molecule has 5 rings (SSSR count). The highest BCUT2D eigenvalue weighted by Gasteiger charge is 2.44. The third-order valence-corrected chi connectivity index (χ3v) is 12.0. The molecule has 13 heteroatoms. The number of thioether (sulfide) groups is 1. The van der Waals surface area contributed by atoms with Gasteiger partial charge in [-0.3, -0.25) is 19.2 Å². The van der Waals surface area contributed by atoms with Crippen molar-refractivity contribution in [1.82, 2.24) is 15.5 Å². The Morgan fingerprint density at radius 3 is 2.26 bits per heavy atom. The monoisotopic (exact) mass is 752 g/mol. The van der Waals surface area contributed by atoms with Crippen LogP contribution in [0, 0.1) is 17.7 Å². The van der Waals surface area contributed by atoms with Crippen LogP contribution in [0.5, 0.6) is 5.75 Å². The van der Waals surface area contributed by atoms with Gasteiger partial charge in [0, 0.05) is 18.4 Å². The van der Waals surface area contributed by atoms with E-state index in [1.165, 1.54) is 19.2 Å². The van der Waals surface area contributed by atoms with Crippen LogP contribution in [-0.4, -0.2) is 84.5 Å². The Labute approximate surface area is 316 Å². The number of carbonyl (C=O) groups is 5. The summed E-state index contributed by atoms with van der Waals surface area (Å²) in [4.78, 5) is 71.8. The zero-order valence-electron chi connectivity index (χ0n) is 31.0. The molecule has 11 nitrogen and oxygen atoms in total. The maximum absolute atomic E-state index is 14.1. The Morgan fingerprint density at radius 1 is 0.849 bits per heavy atom. The first-order valence-corrected chi connectivity index (χ1v) is 20.0. The van der Waals surface area contributed by atoms with Gasteiger partial charge in [0.25, 0.3) is 0 Å². The van der Waals surface area contributed by atoms with E-state index in [0.29, 0.717) is 62.3 Å². The van der Waals surface area contributed by atoms with Gasteiger partial charge >= 0.3 is 5.97 Å². The number of fused-ring (bicyclic) bond motifs is 1. The normalized spacial score (nSPS) is 23.2. The summed E-state index contributed by atoms with van der Waals surface area (Å²) < 4.78 is 24.4. The molecule has 2 aromatic carbocycles. The Hall–Kier alpha value is -4.13. The molecule has 288 valence electrons. The highest BCUT2D eigenvalue weighted by molar-refractivity contribution is 7.99. The van der Waals surface area contributed by atoms with Gasteiger partial charge < -0.3 is 29.9 Å². The van der Waals surface area contributed by atoms with Crippen LogP contribution in [-0.2, 0) is 35.1 Å². The highest BCUT2D eigenvalue weighted by Crippen LogP contribution is 2.35. The Bertz CT molecular complexity index is 1590. The lowest BCUT2D eigenvalue weighted by Crippen LogP contribution is -2.57. The fourth-order valence-corrected chi connectivity index (χ4v) is 9.17. The summed E-state index contributed by atoms with van der Waals surface area (Å²) >= 11 is 1.62. The van der Waals surface area contributed by atoms with Crippen molar-refractivity contribution in [1.29, 1.82) is 0 Å². The number of ether oxygens (including phenoxy) is 2. The first-order valence-electron chi connectivity index (χ1n) is 19.0. The van der Waals surface area contributed by atoms with Gasteiger partial charge in [0.1, 0.15) is 29.7 Å². The second-order valence-electron chi connectivity index (χ2n) is 14.2. The number of hydrogen-bond donors (Lipinski definition) is 2. The van der Waals surface area contributed by atoms with Crippen molar-refractivity contribution in [2.24, 2.45) is 11.8 Å². The molecule has 6 unspecified atom stereocenters. The maximum atomic E-state index is 14.1. The molecule has 0 saturated carbocycles. The lowest BCUT2D eigenvalue weighted by Gasteiger charge is -2.40. The molecule has 3 saturated heterocycles. The third kappa shape index (κ3) is 10.1. The molecule has 53 heavy (non-hydrogen) atoms. The lowest BCUT2D eigenvalue weighted by molar-refractivity contribution is -0.156. The van der Waals surface area contributed by atoms with Crippen molar-refractivity contribution in [2.75, 3.05) is 31.4 Å². The minimum Gasteiger partial charge on any atom is -0.495 e. The first-order chi connectivity index (χ1) is 25.6. The predicted octanol–water partition coefficient (Wildman–Crippen LogP) is 5.39. The summed E-state index contributed by atoms with van der Waals surface area (Å²) in [6.07, 6.45) is 6.88. The fraction of sp³-hybridized carbons (Fsp3) is 0.575. The van der Waals surface area contributed by atoms with Crippen LogP contribution >= 0.6 is 11.8 Å². The number of rotatable bonds is 14. The van der Waals surface area contributed by atoms with Gasteiger partial charge in [0.05, 0.1) is 25.3 Å². The van der Waals surface area contributed by atoms with Crippen LogP contribution < -0.4 is 20.3 Å². The van der Waals surface area contributed by atoms with Crippen molar-refractivity contribution in [3.63, 3.8) is 0 Å². The number of piperidine rings is 1. The van der Waals surface area contributed by atoms with E-state index in [-0.39, 0.29) is 41.2 Å². The number of carbonyl (C=O) groups excluding carboxylic acids is 5. The predicted molar refractivity (Wildman–Crippen MR) is 202 cm³/mol. The van der Waals surface area contributed by atoms with E-state index in [9.17, 15) is 28.4 Å². The van der Waals surface area contributed by atoms with E-state index in [4.69, 9.17) is 9.47 Å². The molecule has 4 amide bonds. The van der Waals surface area contributed by atoms with Gasteiger partial charge in [-0.15, -0.1) is 11.8 Å². The van der Waals surface area contributed by atoms with Crippen molar-refractivity contribution >= 4 is 47.0 Å². The molecule has 0 aliphatic carbocycles. The summed E-state index contributed by atoms with van der Waals surface area (Å²) in [6, 6.07) is 11.1. The molecule has 3 aliphatic heterocycles. The van der Waals surface area contributed by atoms with E-state index in [2.05, 4.69) is 10.6 Å². The van der Waals surface area contributed by atoms with Gasteiger partial charge in [-0.1, -0.05) is 37.6 Å². The molecule has 0 bridgehead atoms. The SMILES string of the molecule is CCCC(CCC(Cc1ccc(F)cc1)C(=O)NC1CCSC2CCCC(C(=O)OC)N2C1=O)C(=O)NC1CCCCN(c2ccccc2OC)C1=O. The highest BCUT2D eigenvalue weighted by atomic mass is 32.2. The minimum atomic E-state index is -0.817. The molecule has 3 aliphatic rings. The number of nitrogens with one attached hydrogen (secondary N) is 2. The third-order valence-electron chi connectivity index (χ3n) is 10.7.